The van der Waals surface area contributed by atoms with Gasteiger partial charge in [-0.05, 0) is 92.4 Å². The van der Waals surface area contributed by atoms with E-state index in [-0.39, 0.29) is 0 Å². The van der Waals surface area contributed by atoms with E-state index in [2.05, 4.69) is 205 Å². The first-order chi connectivity index (χ1) is 26.8. The fraction of sp³-hybridized carbons (Fsp3) is 0. The first kappa shape index (κ1) is 31.6. The molecule has 0 fully saturated rings. The summed E-state index contributed by atoms with van der Waals surface area (Å²) >= 11 is 0. The summed E-state index contributed by atoms with van der Waals surface area (Å²) in [4.78, 5) is 2.39. The summed E-state index contributed by atoms with van der Waals surface area (Å²) in [6.45, 7) is 0. The fourth-order valence-electron chi connectivity index (χ4n) is 7.89. The third-order valence-electron chi connectivity index (χ3n) is 10.5. The molecule has 0 N–H and O–H groups in total. The number of anilines is 3. The zero-order valence-electron chi connectivity index (χ0n) is 29.6. The number of fused-ring (bicyclic) bond motifs is 2. The number of nitrogens with zero attached hydrogens (tertiary/aromatic N) is 1. The minimum Gasteiger partial charge on any atom is -0.456 e. The normalized spacial score (nSPS) is 11.5. The van der Waals surface area contributed by atoms with Crippen molar-refractivity contribution in [2.45, 2.75) is 0 Å². The molecule has 0 aromatic heterocycles. The van der Waals surface area contributed by atoms with Crippen LogP contribution in [0.2, 0.25) is 0 Å². The molecule has 0 atom stereocenters. The predicted molar refractivity (Wildman–Crippen MR) is 226 cm³/mol. The highest BCUT2D eigenvalue weighted by Crippen LogP contribution is 2.49. The fourth-order valence-corrected chi connectivity index (χ4v) is 7.89. The number of hydrogen-bond donors (Lipinski definition) is 0. The van der Waals surface area contributed by atoms with Crippen LogP contribution in [-0.2, 0) is 0 Å². The number of rotatable bonds is 7. The topological polar surface area (TPSA) is 12.5 Å². The van der Waals surface area contributed by atoms with Gasteiger partial charge in [-0.1, -0.05) is 170 Å². The van der Waals surface area contributed by atoms with Crippen molar-refractivity contribution in [2.75, 3.05) is 4.90 Å². The van der Waals surface area contributed by atoms with Gasteiger partial charge in [-0.2, -0.15) is 0 Å². The highest BCUT2D eigenvalue weighted by Gasteiger charge is 2.22. The van der Waals surface area contributed by atoms with E-state index in [0.29, 0.717) is 0 Å². The van der Waals surface area contributed by atoms with Gasteiger partial charge in [0.2, 0.25) is 0 Å². The average molecular weight is 690 g/mol. The Labute approximate surface area is 315 Å². The predicted octanol–water partition coefficient (Wildman–Crippen LogP) is 14.8. The monoisotopic (exact) mass is 689 g/mol. The summed E-state index contributed by atoms with van der Waals surface area (Å²) in [5, 5.41) is 2.33. The molecule has 0 radical (unpaired) electrons. The van der Waals surface area contributed by atoms with Gasteiger partial charge in [0.15, 0.2) is 0 Å². The van der Waals surface area contributed by atoms with Crippen molar-refractivity contribution in [3.05, 3.63) is 212 Å². The van der Waals surface area contributed by atoms with Crippen LogP contribution < -0.4 is 9.64 Å². The van der Waals surface area contributed by atoms with Gasteiger partial charge in [0, 0.05) is 27.9 Å². The van der Waals surface area contributed by atoms with E-state index in [9.17, 15) is 0 Å². The van der Waals surface area contributed by atoms with Crippen LogP contribution in [0.15, 0.2) is 212 Å². The van der Waals surface area contributed by atoms with Crippen LogP contribution in [0, 0.1) is 0 Å². The Morgan fingerprint density at radius 1 is 0.296 bits per heavy atom. The van der Waals surface area contributed by atoms with Gasteiger partial charge in [0.25, 0.3) is 0 Å². The summed E-state index contributed by atoms with van der Waals surface area (Å²) in [5.41, 5.74) is 15.0. The molecule has 2 nitrogen and oxygen atoms in total. The molecule has 9 aromatic rings. The quantitative estimate of drug-likeness (QED) is 0.165. The van der Waals surface area contributed by atoms with Crippen molar-refractivity contribution in [1.82, 2.24) is 0 Å². The maximum absolute atomic E-state index is 6.44. The van der Waals surface area contributed by atoms with E-state index in [1.807, 2.05) is 12.1 Å². The van der Waals surface area contributed by atoms with Gasteiger partial charge >= 0.3 is 0 Å². The van der Waals surface area contributed by atoms with Gasteiger partial charge in [-0.3, -0.25) is 0 Å². The minimum atomic E-state index is 0.895. The Balaban J connectivity index is 1.11. The summed E-state index contributed by atoms with van der Waals surface area (Å²) in [6.07, 6.45) is 0. The minimum absolute atomic E-state index is 0.895. The molecule has 0 spiro atoms. The SMILES string of the molecule is c1ccc(-c2ccc(-c3ccccc3N(c3ccc(-c4ccccc4)cc3)c3cccc(-c4ccc5c6c(cccc46)-c4ccccc4O5)c3)cc2)cc1. The summed E-state index contributed by atoms with van der Waals surface area (Å²) in [5.74, 6) is 1.79. The van der Waals surface area contributed by atoms with Gasteiger partial charge < -0.3 is 9.64 Å². The lowest BCUT2D eigenvalue weighted by Crippen LogP contribution is -2.11. The third-order valence-corrected chi connectivity index (χ3v) is 10.5. The molecule has 0 aliphatic carbocycles. The first-order valence-corrected chi connectivity index (χ1v) is 18.4. The molecule has 254 valence electrons. The summed E-state index contributed by atoms with van der Waals surface area (Å²) in [7, 11) is 0. The molecular formula is C52H35NO. The van der Waals surface area contributed by atoms with Crippen LogP contribution in [0.3, 0.4) is 0 Å². The van der Waals surface area contributed by atoms with Crippen molar-refractivity contribution in [2.24, 2.45) is 0 Å². The molecule has 0 bridgehead atoms. The van der Waals surface area contributed by atoms with Crippen molar-refractivity contribution < 1.29 is 4.74 Å². The molecular weight excluding hydrogens is 655 g/mol. The van der Waals surface area contributed by atoms with Crippen LogP contribution in [0.1, 0.15) is 0 Å². The second-order valence-electron chi connectivity index (χ2n) is 13.7. The zero-order valence-corrected chi connectivity index (χ0v) is 29.6. The molecule has 0 amide bonds. The van der Waals surface area contributed by atoms with Crippen molar-refractivity contribution in [3.63, 3.8) is 0 Å². The number of para-hydroxylation sites is 2. The van der Waals surface area contributed by atoms with E-state index in [1.165, 1.54) is 38.8 Å². The molecule has 1 heterocycles. The molecule has 0 saturated carbocycles. The summed E-state index contributed by atoms with van der Waals surface area (Å²) < 4.78 is 6.44. The second kappa shape index (κ2) is 13.4. The molecule has 10 rings (SSSR count). The molecule has 1 aliphatic rings. The van der Waals surface area contributed by atoms with E-state index in [4.69, 9.17) is 4.74 Å². The number of ether oxygens (including phenoxy) is 1. The molecule has 2 heteroatoms. The molecule has 9 aromatic carbocycles. The smallest absolute Gasteiger partial charge is 0.135 e. The lowest BCUT2D eigenvalue weighted by Gasteiger charge is -2.29. The Hall–Kier alpha value is -7.16. The van der Waals surface area contributed by atoms with Gasteiger partial charge in [-0.25, -0.2) is 0 Å². The van der Waals surface area contributed by atoms with E-state index < -0.39 is 0 Å². The Bertz CT molecular complexity index is 2770. The molecule has 1 aliphatic heterocycles. The number of benzene rings is 9. The van der Waals surface area contributed by atoms with Crippen LogP contribution in [-0.4, -0.2) is 0 Å². The van der Waals surface area contributed by atoms with Crippen LogP contribution in [0.4, 0.5) is 17.1 Å². The van der Waals surface area contributed by atoms with Crippen molar-refractivity contribution >= 4 is 27.8 Å². The lowest BCUT2D eigenvalue weighted by molar-refractivity contribution is 0.487. The largest absolute Gasteiger partial charge is 0.456 e. The second-order valence-corrected chi connectivity index (χ2v) is 13.7. The van der Waals surface area contributed by atoms with Crippen molar-refractivity contribution in [1.29, 1.82) is 0 Å². The standard InChI is InChI=1S/C52H35NO/c1-3-13-36(14-4-1)38-25-27-40(28-26-38)45-19-7-9-23-49(45)53(42-31-29-39(30-32-42)37-15-5-2-6-16-37)43-18-11-17-41(35-43)44-33-34-51-52-47(44)21-12-22-48(52)46-20-8-10-24-50(46)54-51/h1-35H. The Morgan fingerprint density at radius 3 is 1.59 bits per heavy atom. The maximum Gasteiger partial charge on any atom is 0.135 e. The molecule has 0 saturated heterocycles. The van der Waals surface area contributed by atoms with Crippen molar-refractivity contribution in [3.8, 4) is 67.1 Å². The Morgan fingerprint density at radius 2 is 0.852 bits per heavy atom. The third kappa shape index (κ3) is 5.62. The van der Waals surface area contributed by atoms with E-state index in [1.54, 1.807) is 0 Å². The zero-order chi connectivity index (χ0) is 35.8. The van der Waals surface area contributed by atoms with Crippen LogP contribution in [0.25, 0.3) is 66.4 Å². The van der Waals surface area contributed by atoms with Gasteiger partial charge in [0.05, 0.1) is 5.69 Å². The van der Waals surface area contributed by atoms with E-state index in [0.717, 1.165) is 56.2 Å². The average Bonchev–Trinajstić information content (AvgIpc) is 3.25. The highest BCUT2D eigenvalue weighted by atomic mass is 16.5. The Kier molecular flexibility index (Phi) is 7.85. The van der Waals surface area contributed by atoms with E-state index >= 15 is 0 Å². The van der Waals surface area contributed by atoms with Gasteiger partial charge in [-0.15, -0.1) is 0 Å². The van der Waals surface area contributed by atoms with Crippen LogP contribution >= 0.6 is 0 Å². The molecule has 0 unspecified atom stereocenters. The maximum atomic E-state index is 6.44. The number of hydrogen-bond acceptors (Lipinski definition) is 2. The first-order valence-electron chi connectivity index (χ1n) is 18.4. The summed E-state index contributed by atoms with van der Waals surface area (Å²) in [6, 6.07) is 75.8. The molecule has 54 heavy (non-hydrogen) atoms. The van der Waals surface area contributed by atoms with Crippen LogP contribution in [0.5, 0.6) is 11.5 Å². The lowest BCUT2D eigenvalue weighted by atomic mass is 9.90. The highest BCUT2D eigenvalue weighted by molar-refractivity contribution is 6.10. The van der Waals surface area contributed by atoms with Gasteiger partial charge in [0.1, 0.15) is 11.5 Å².